The average molecular weight is 1470 g/mol. The van der Waals surface area contributed by atoms with E-state index >= 15 is 0 Å². The molecular formula is C81H158O17P2. The Morgan fingerprint density at radius 1 is 0.270 bits per heavy atom. The highest BCUT2D eigenvalue weighted by Crippen LogP contribution is 2.45. The number of hydrogen-bond acceptors (Lipinski definition) is 15. The first-order chi connectivity index (χ1) is 48.4. The highest BCUT2D eigenvalue weighted by Gasteiger charge is 2.30. The molecule has 0 fully saturated rings. The van der Waals surface area contributed by atoms with Crippen LogP contribution in [-0.2, 0) is 65.4 Å². The predicted molar refractivity (Wildman–Crippen MR) is 409 cm³/mol. The van der Waals surface area contributed by atoms with Gasteiger partial charge in [-0.2, -0.15) is 0 Å². The molecule has 19 heteroatoms. The van der Waals surface area contributed by atoms with Gasteiger partial charge in [-0.3, -0.25) is 37.3 Å². The van der Waals surface area contributed by atoms with E-state index < -0.39 is 97.5 Å². The third-order valence-corrected chi connectivity index (χ3v) is 20.9. The van der Waals surface area contributed by atoms with Crippen molar-refractivity contribution in [1.82, 2.24) is 0 Å². The Bertz CT molecular complexity index is 1920. The number of carbonyl (C=O) groups is 4. The molecule has 0 aliphatic heterocycles. The minimum Gasteiger partial charge on any atom is -0.462 e. The zero-order valence-corrected chi connectivity index (χ0v) is 67.3. The summed E-state index contributed by atoms with van der Waals surface area (Å²) >= 11 is 0. The Kier molecular flexibility index (Phi) is 71.2. The lowest BCUT2D eigenvalue weighted by molar-refractivity contribution is -0.161. The number of unbranched alkanes of at least 4 members (excludes halogenated alkanes) is 50. The first-order valence-corrected chi connectivity index (χ1v) is 45.0. The summed E-state index contributed by atoms with van der Waals surface area (Å²) in [5.41, 5.74) is 0. The molecule has 0 saturated carbocycles. The standard InChI is InChI=1S/C81H158O17P2/c1-7-9-11-13-15-17-19-21-22-23-24-25-26-31-35-41-47-53-59-65-80(85)97-76(69-92-79(84)64-58-52-46-40-34-30-28-27-29-32-37-43-49-55-61-73(3)4)71-95-99(87,88)93-67-75(82)68-94-100(89,90)96-72-77(98-81(86)66-60-54-48-42-36-38-44-50-56-62-74(5)6)70-91-78(83)63-57-51-45-39-33-20-18-16-14-12-10-8-2/h73-77,82H,7-72H2,1-6H3,(H,87,88)(H,89,90)/t75-,76-,77-/m1/s1. The van der Waals surface area contributed by atoms with Crippen molar-refractivity contribution >= 4 is 39.5 Å². The lowest BCUT2D eigenvalue weighted by atomic mass is 10.0. The maximum atomic E-state index is 13.1. The molecule has 0 heterocycles. The highest BCUT2D eigenvalue weighted by atomic mass is 31.2. The summed E-state index contributed by atoms with van der Waals surface area (Å²) in [5, 5.41) is 10.6. The average Bonchev–Trinajstić information content (AvgIpc) is 0.929. The van der Waals surface area contributed by atoms with E-state index in [4.69, 9.17) is 37.0 Å². The van der Waals surface area contributed by atoms with Gasteiger partial charge in [0.1, 0.15) is 19.3 Å². The number of rotatable bonds is 80. The quantitative estimate of drug-likeness (QED) is 0.0222. The van der Waals surface area contributed by atoms with Gasteiger partial charge in [0.25, 0.3) is 0 Å². The summed E-state index contributed by atoms with van der Waals surface area (Å²) in [7, 11) is -9.92. The number of ether oxygens (including phenoxy) is 4. The second-order valence-corrected chi connectivity index (χ2v) is 33.0. The van der Waals surface area contributed by atoms with Crippen molar-refractivity contribution in [3.8, 4) is 0 Å². The molecule has 100 heavy (non-hydrogen) atoms. The number of phosphoric acid groups is 2. The molecular weight excluding hydrogens is 1310 g/mol. The number of aliphatic hydroxyl groups is 1. The van der Waals surface area contributed by atoms with Crippen LogP contribution >= 0.6 is 15.6 Å². The van der Waals surface area contributed by atoms with Gasteiger partial charge in [-0.1, -0.05) is 375 Å². The van der Waals surface area contributed by atoms with Gasteiger partial charge >= 0.3 is 39.5 Å². The number of carbonyl (C=O) groups excluding carboxylic acids is 4. The van der Waals surface area contributed by atoms with Crippen molar-refractivity contribution in [3.63, 3.8) is 0 Å². The molecule has 0 bridgehead atoms. The van der Waals surface area contributed by atoms with Gasteiger partial charge in [0.15, 0.2) is 12.2 Å². The smallest absolute Gasteiger partial charge is 0.462 e. The van der Waals surface area contributed by atoms with Crippen molar-refractivity contribution in [3.05, 3.63) is 0 Å². The second-order valence-electron chi connectivity index (χ2n) is 30.1. The van der Waals surface area contributed by atoms with Gasteiger partial charge in [-0.15, -0.1) is 0 Å². The number of phosphoric ester groups is 2. The van der Waals surface area contributed by atoms with E-state index in [0.29, 0.717) is 25.7 Å². The van der Waals surface area contributed by atoms with Crippen LogP contribution < -0.4 is 0 Å². The first-order valence-electron chi connectivity index (χ1n) is 42.0. The molecule has 0 spiro atoms. The molecule has 0 aliphatic carbocycles. The Morgan fingerprint density at radius 2 is 0.460 bits per heavy atom. The van der Waals surface area contributed by atoms with Gasteiger partial charge in [-0.05, 0) is 37.5 Å². The van der Waals surface area contributed by atoms with E-state index in [1.54, 1.807) is 0 Å². The van der Waals surface area contributed by atoms with E-state index in [0.717, 1.165) is 102 Å². The second kappa shape index (κ2) is 72.6. The van der Waals surface area contributed by atoms with Gasteiger partial charge < -0.3 is 33.8 Å². The van der Waals surface area contributed by atoms with Crippen LogP contribution in [0.15, 0.2) is 0 Å². The van der Waals surface area contributed by atoms with Crippen LogP contribution in [0.4, 0.5) is 0 Å². The lowest BCUT2D eigenvalue weighted by Gasteiger charge is -2.21. The van der Waals surface area contributed by atoms with E-state index in [2.05, 4.69) is 41.5 Å². The summed E-state index contributed by atoms with van der Waals surface area (Å²) in [6.45, 7) is 9.64. The zero-order chi connectivity index (χ0) is 73.5. The molecule has 594 valence electrons. The van der Waals surface area contributed by atoms with Crippen LogP contribution in [0.25, 0.3) is 0 Å². The summed E-state index contributed by atoms with van der Waals surface area (Å²) < 4.78 is 68.7. The molecule has 0 radical (unpaired) electrons. The molecule has 5 atom stereocenters. The molecule has 0 saturated heterocycles. The number of hydrogen-bond donors (Lipinski definition) is 3. The van der Waals surface area contributed by atoms with E-state index in [9.17, 15) is 43.2 Å². The van der Waals surface area contributed by atoms with Crippen LogP contribution in [0, 0.1) is 11.8 Å². The van der Waals surface area contributed by atoms with Crippen molar-refractivity contribution in [2.45, 2.75) is 445 Å². The summed E-state index contributed by atoms with van der Waals surface area (Å²) in [5.74, 6) is -0.572. The summed E-state index contributed by atoms with van der Waals surface area (Å²) in [4.78, 5) is 73.0. The molecule has 0 aromatic carbocycles. The fourth-order valence-electron chi connectivity index (χ4n) is 12.5. The first kappa shape index (κ1) is 98.1. The molecule has 0 aromatic heterocycles. The van der Waals surface area contributed by atoms with E-state index in [-0.39, 0.29) is 25.7 Å². The van der Waals surface area contributed by atoms with Crippen LogP contribution in [0.3, 0.4) is 0 Å². The van der Waals surface area contributed by atoms with Gasteiger partial charge in [-0.25, -0.2) is 9.13 Å². The van der Waals surface area contributed by atoms with E-state index in [1.165, 1.54) is 244 Å². The fraction of sp³-hybridized carbons (Fsp3) is 0.951. The maximum Gasteiger partial charge on any atom is 0.472 e. The Hall–Kier alpha value is -1.94. The van der Waals surface area contributed by atoms with Crippen molar-refractivity contribution < 1.29 is 80.2 Å². The molecule has 0 amide bonds. The van der Waals surface area contributed by atoms with Crippen LogP contribution in [0.2, 0.25) is 0 Å². The molecule has 0 aromatic rings. The molecule has 2 unspecified atom stereocenters. The van der Waals surface area contributed by atoms with Crippen molar-refractivity contribution in [1.29, 1.82) is 0 Å². The fourth-order valence-corrected chi connectivity index (χ4v) is 14.1. The van der Waals surface area contributed by atoms with Gasteiger partial charge in [0.05, 0.1) is 26.4 Å². The predicted octanol–water partition coefficient (Wildman–Crippen LogP) is 24.3. The SMILES string of the molecule is CCCCCCCCCCCCCCCCCCCCCC(=O)O[C@H](COC(=O)CCCCCCCCCCCCCCCCC(C)C)COP(=O)(O)OC[C@@H](O)COP(=O)(O)OC[C@@H](COC(=O)CCCCCCCCCCCCCC)OC(=O)CCCCCCCCCCCC(C)C. The van der Waals surface area contributed by atoms with Gasteiger partial charge in [0, 0.05) is 25.7 Å². The Morgan fingerprint density at radius 3 is 0.680 bits per heavy atom. The molecule has 0 rings (SSSR count). The largest absolute Gasteiger partial charge is 0.472 e. The lowest BCUT2D eigenvalue weighted by Crippen LogP contribution is -2.30. The maximum absolute atomic E-state index is 13.1. The zero-order valence-electron chi connectivity index (χ0n) is 65.5. The van der Waals surface area contributed by atoms with Crippen LogP contribution in [0.1, 0.15) is 427 Å². The topological polar surface area (TPSA) is 237 Å². The molecule has 17 nitrogen and oxygen atoms in total. The highest BCUT2D eigenvalue weighted by molar-refractivity contribution is 7.47. The summed E-state index contributed by atoms with van der Waals surface area (Å²) in [6.07, 6.45) is 62.4. The molecule has 0 aliphatic rings. The Labute approximate surface area is 613 Å². The van der Waals surface area contributed by atoms with Crippen LogP contribution in [0.5, 0.6) is 0 Å². The van der Waals surface area contributed by atoms with Crippen molar-refractivity contribution in [2.24, 2.45) is 11.8 Å². The number of aliphatic hydroxyl groups excluding tert-OH is 1. The monoisotopic (exact) mass is 1470 g/mol. The van der Waals surface area contributed by atoms with Gasteiger partial charge in [0.2, 0.25) is 0 Å². The Balaban J connectivity index is 5.24. The third kappa shape index (κ3) is 74.3. The van der Waals surface area contributed by atoms with E-state index in [1.807, 2.05) is 0 Å². The van der Waals surface area contributed by atoms with Crippen molar-refractivity contribution in [2.75, 3.05) is 39.6 Å². The number of esters is 4. The minimum absolute atomic E-state index is 0.106. The minimum atomic E-state index is -4.96. The normalized spacial score (nSPS) is 13.9. The summed E-state index contributed by atoms with van der Waals surface area (Å²) in [6, 6.07) is 0. The van der Waals surface area contributed by atoms with Crippen LogP contribution in [-0.4, -0.2) is 96.7 Å². The molecule has 3 N–H and O–H groups in total. The third-order valence-electron chi connectivity index (χ3n) is 19.0.